The summed E-state index contributed by atoms with van der Waals surface area (Å²) in [5.74, 6) is 0. The molecule has 1 aromatic rings. The summed E-state index contributed by atoms with van der Waals surface area (Å²) in [7, 11) is 0. The summed E-state index contributed by atoms with van der Waals surface area (Å²) < 4.78 is 16.7. The van der Waals surface area contributed by atoms with Crippen LogP contribution in [0.3, 0.4) is 0 Å². The van der Waals surface area contributed by atoms with E-state index < -0.39 is 11.7 Å². The maximum atomic E-state index is 12.0. The molecule has 2 rings (SSSR count). The number of carbonyl (C=O) groups excluding carboxylic acids is 1. The minimum atomic E-state index is -0.529. The van der Waals surface area contributed by atoms with E-state index >= 15 is 0 Å². The zero-order valence-corrected chi connectivity index (χ0v) is 14.9. The predicted octanol–water partition coefficient (Wildman–Crippen LogP) is 3.44. The van der Waals surface area contributed by atoms with Crippen molar-refractivity contribution in [3.63, 3.8) is 0 Å². The SMILES string of the molecule is CC(OCc1ccccc1)C1=CCOC[C@@H]1NC(=O)OC(C)(C)C. The van der Waals surface area contributed by atoms with E-state index in [1.807, 2.05) is 64.1 Å². The lowest BCUT2D eigenvalue weighted by Crippen LogP contribution is -2.46. The molecule has 24 heavy (non-hydrogen) atoms. The second-order valence-electron chi connectivity index (χ2n) is 6.88. The van der Waals surface area contributed by atoms with Crippen LogP contribution in [0.1, 0.15) is 33.3 Å². The summed E-state index contributed by atoms with van der Waals surface area (Å²) in [5, 5.41) is 2.87. The molecule has 0 saturated carbocycles. The Hall–Kier alpha value is -1.85. The molecule has 1 N–H and O–H groups in total. The monoisotopic (exact) mass is 333 g/mol. The molecule has 1 aliphatic heterocycles. The van der Waals surface area contributed by atoms with Crippen molar-refractivity contribution in [3.05, 3.63) is 47.5 Å². The van der Waals surface area contributed by atoms with Crippen molar-refractivity contribution in [2.75, 3.05) is 13.2 Å². The molecule has 1 aliphatic rings. The molecule has 5 nitrogen and oxygen atoms in total. The highest BCUT2D eigenvalue weighted by molar-refractivity contribution is 5.68. The fraction of sp³-hybridized carbons (Fsp3) is 0.526. The van der Waals surface area contributed by atoms with Gasteiger partial charge in [-0.25, -0.2) is 4.79 Å². The molecule has 1 aromatic carbocycles. The highest BCUT2D eigenvalue weighted by Crippen LogP contribution is 2.18. The third kappa shape index (κ3) is 5.98. The number of amides is 1. The molecule has 0 spiro atoms. The van der Waals surface area contributed by atoms with Crippen molar-refractivity contribution in [1.29, 1.82) is 0 Å². The van der Waals surface area contributed by atoms with Gasteiger partial charge in [0.2, 0.25) is 0 Å². The van der Waals surface area contributed by atoms with Crippen LogP contribution in [0, 0.1) is 0 Å². The quantitative estimate of drug-likeness (QED) is 0.839. The van der Waals surface area contributed by atoms with Crippen LogP contribution in [0.25, 0.3) is 0 Å². The Kier molecular flexibility index (Phi) is 6.40. The van der Waals surface area contributed by atoms with E-state index in [2.05, 4.69) is 5.32 Å². The zero-order chi connectivity index (χ0) is 17.6. The summed E-state index contributed by atoms with van der Waals surface area (Å²) in [4.78, 5) is 12.0. The number of hydrogen-bond donors (Lipinski definition) is 1. The first-order valence-corrected chi connectivity index (χ1v) is 8.28. The van der Waals surface area contributed by atoms with Crippen molar-refractivity contribution in [2.45, 2.75) is 52.0 Å². The van der Waals surface area contributed by atoms with Crippen LogP contribution in [-0.2, 0) is 20.8 Å². The Morgan fingerprint density at radius 2 is 2.04 bits per heavy atom. The van der Waals surface area contributed by atoms with Crippen LogP contribution in [0.5, 0.6) is 0 Å². The van der Waals surface area contributed by atoms with Gasteiger partial charge in [-0.1, -0.05) is 36.4 Å². The van der Waals surface area contributed by atoms with Gasteiger partial charge in [0.05, 0.1) is 32.0 Å². The third-order valence-corrected chi connectivity index (χ3v) is 3.63. The van der Waals surface area contributed by atoms with Crippen LogP contribution in [0.15, 0.2) is 42.0 Å². The lowest BCUT2D eigenvalue weighted by atomic mass is 10.0. The molecular weight excluding hydrogens is 306 g/mol. The second-order valence-corrected chi connectivity index (χ2v) is 6.88. The number of carbonyl (C=O) groups is 1. The molecule has 0 aromatic heterocycles. The molecule has 0 bridgehead atoms. The molecule has 2 atom stereocenters. The molecule has 1 heterocycles. The van der Waals surface area contributed by atoms with Crippen LogP contribution < -0.4 is 5.32 Å². The van der Waals surface area contributed by atoms with Gasteiger partial charge in [-0.15, -0.1) is 0 Å². The smallest absolute Gasteiger partial charge is 0.408 e. The van der Waals surface area contributed by atoms with Crippen molar-refractivity contribution in [2.24, 2.45) is 0 Å². The number of ether oxygens (including phenoxy) is 3. The average Bonchev–Trinajstić information content (AvgIpc) is 2.52. The predicted molar refractivity (Wildman–Crippen MR) is 92.8 cm³/mol. The second kappa shape index (κ2) is 8.31. The van der Waals surface area contributed by atoms with Crippen LogP contribution >= 0.6 is 0 Å². The van der Waals surface area contributed by atoms with Gasteiger partial charge in [0.25, 0.3) is 0 Å². The first-order valence-electron chi connectivity index (χ1n) is 8.28. The Morgan fingerprint density at radius 1 is 1.33 bits per heavy atom. The summed E-state index contributed by atoms with van der Waals surface area (Å²) in [6, 6.07) is 9.78. The summed E-state index contributed by atoms with van der Waals surface area (Å²) in [6.45, 7) is 8.99. The molecule has 0 fully saturated rings. The first kappa shape index (κ1) is 18.5. The van der Waals surface area contributed by atoms with Gasteiger partial charge in [-0.3, -0.25) is 0 Å². The Morgan fingerprint density at radius 3 is 2.71 bits per heavy atom. The van der Waals surface area contributed by atoms with E-state index in [1.165, 1.54) is 0 Å². The average molecular weight is 333 g/mol. The fourth-order valence-corrected chi connectivity index (χ4v) is 2.50. The molecule has 132 valence electrons. The highest BCUT2D eigenvalue weighted by atomic mass is 16.6. The van der Waals surface area contributed by atoms with Gasteiger partial charge >= 0.3 is 6.09 Å². The van der Waals surface area contributed by atoms with Gasteiger partial charge in [-0.2, -0.15) is 0 Å². The number of rotatable bonds is 5. The van der Waals surface area contributed by atoms with E-state index in [1.54, 1.807) is 0 Å². The van der Waals surface area contributed by atoms with Crippen molar-refractivity contribution >= 4 is 6.09 Å². The van der Waals surface area contributed by atoms with Gasteiger partial charge in [0.1, 0.15) is 5.60 Å². The summed E-state index contributed by atoms with van der Waals surface area (Å²) >= 11 is 0. The lowest BCUT2D eigenvalue weighted by molar-refractivity contribution is 0.0373. The number of benzene rings is 1. The van der Waals surface area contributed by atoms with E-state index in [0.717, 1.165) is 11.1 Å². The fourth-order valence-electron chi connectivity index (χ4n) is 2.50. The summed E-state index contributed by atoms with van der Waals surface area (Å²) in [5.41, 5.74) is 1.61. The van der Waals surface area contributed by atoms with Crippen molar-refractivity contribution < 1.29 is 19.0 Å². The summed E-state index contributed by atoms with van der Waals surface area (Å²) in [6.07, 6.45) is 1.41. The molecule has 5 heteroatoms. The Bertz CT molecular complexity index is 562. The topological polar surface area (TPSA) is 56.8 Å². The third-order valence-electron chi connectivity index (χ3n) is 3.63. The number of hydrogen-bond acceptors (Lipinski definition) is 4. The highest BCUT2D eigenvalue weighted by Gasteiger charge is 2.27. The Labute approximate surface area is 144 Å². The minimum Gasteiger partial charge on any atom is -0.444 e. The maximum absolute atomic E-state index is 12.0. The van der Waals surface area contributed by atoms with E-state index in [0.29, 0.717) is 19.8 Å². The van der Waals surface area contributed by atoms with Crippen LogP contribution in [-0.4, -0.2) is 37.1 Å². The standard InChI is InChI=1S/C19H27NO4/c1-14(23-12-15-8-6-5-7-9-15)16-10-11-22-13-17(16)20-18(21)24-19(2,3)4/h5-10,14,17H,11-13H2,1-4H3,(H,20,21)/t14?,17-/m0/s1. The molecule has 0 saturated heterocycles. The number of alkyl carbamates (subject to hydrolysis) is 1. The zero-order valence-electron chi connectivity index (χ0n) is 14.9. The van der Waals surface area contributed by atoms with Crippen molar-refractivity contribution in [3.8, 4) is 0 Å². The molecule has 0 aliphatic carbocycles. The molecule has 1 unspecified atom stereocenters. The molecule has 1 amide bonds. The van der Waals surface area contributed by atoms with E-state index in [-0.39, 0.29) is 12.1 Å². The van der Waals surface area contributed by atoms with Gasteiger partial charge in [0.15, 0.2) is 0 Å². The largest absolute Gasteiger partial charge is 0.444 e. The number of nitrogens with one attached hydrogen (secondary N) is 1. The maximum Gasteiger partial charge on any atom is 0.408 e. The normalized spacial score (nSPS) is 19.3. The molecular formula is C19H27NO4. The van der Waals surface area contributed by atoms with Gasteiger partial charge in [-0.05, 0) is 38.8 Å². The van der Waals surface area contributed by atoms with E-state index in [4.69, 9.17) is 14.2 Å². The lowest BCUT2D eigenvalue weighted by Gasteiger charge is -2.30. The van der Waals surface area contributed by atoms with E-state index in [9.17, 15) is 4.79 Å². The van der Waals surface area contributed by atoms with Crippen LogP contribution in [0.4, 0.5) is 4.79 Å². The van der Waals surface area contributed by atoms with Gasteiger partial charge < -0.3 is 19.5 Å². The first-order chi connectivity index (χ1) is 11.3. The Balaban J connectivity index is 1.93. The van der Waals surface area contributed by atoms with Crippen LogP contribution in [0.2, 0.25) is 0 Å². The molecule has 0 radical (unpaired) electrons. The van der Waals surface area contributed by atoms with Gasteiger partial charge in [0, 0.05) is 0 Å². The van der Waals surface area contributed by atoms with Crippen molar-refractivity contribution in [1.82, 2.24) is 5.32 Å². The minimum absolute atomic E-state index is 0.117.